The number of carbonyl (C=O) groups excluding carboxylic acids is 2. The molecule has 3 aromatic heterocycles. The summed E-state index contributed by atoms with van der Waals surface area (Å²) in [4.78, 5) is 34.4. The first-order chi connectivity index (χ1) is 30.3. The molecule has 7 rings (SSSR count). The van der Waals surface area contributed by atoms with Crippen LogP contribution >= 0.6 is 22.9 Å². The Morgan fingerprint density at radius 2 is 1.65 bits per heavy atom. The van der Waals surface area contributed by atoms with E-state index in [9.17, 15) is 9.59 Å². The first-order valence-corrected chi connectivity index (χ1v) is 22.4. The van der Waals surface area contributed by atoms with Gasteiger partial charge >= 0.3 is 0 Å². The van der Waals surface area contributed by atoms with Crippen LogP contribution in [0.4, 0.5) is 5.69 Å². The highest BCUT2D eigenvalue weighted by molar-refractivity contribution is 7.13. The maximum atomic E-state index is 13.1. The molecule has 11 nitrogen and oxygen atoms in total. The molecule has 0 fully saturated rings. The lowest BCUT2D eigenvalue weighted by Gasteiger charge is -2.23. The van der Waals surface area contributed by atoms with Gasteiger partial charge in [-0.25, -0.2) is 4.98 Å². The Morgan fingerprint density at radius 1 is 0.855 bits per heavy atom. The average Bonchev–Trinajstić information content (AvgIpc) is 3.95. The molecule has 0 bridgehead atoms. The number of nitrogens with zero attached hydrogens (tertiary/aromatic N) is 3. The van der Waals surface area contributed by atoms with Crippen molar-refractivity contribution < 1.29 is 28.5 Å². The van der Waals surface area contributed by atoms with Crippen molar-refractivity contribution in [1.82, 2.24) is 19.8 Å². The van der Waals surface area contributed by atoms with E-state index in [-0.39, 0.29) is 17.9 Å². The Bertz CT molecular complexity index is 2650. The van der Waals surface area contributed by atoms with Crippen LogP contribution in [-0.2, 0) is 14.2 Å². The number of hydrogen-bond acceptors (Lipinski definition) is 10. The molecule has 62 heavy (non-hydrogen) atoms. The highest BCUT2D eigenvalue weighted by Gasteiger charge is 2.18. The number of halogens is 1. The number of likely N-dealkylation sites (N-methyl/N-ethyl adjacent to an activating group) is 1. The number of carbonyl (C=O) groups is 2. The molecule has 7 aromatic rings. The fourth-order valence-electron chi connectivity index (χ4n) is 7.71. The first kappa shape index (κ1) is 44.7. The monoisotopic (exact) mass is 875 g/mol. The Hall–Kier alpha value is -5.34. The van der Waals surface area contributed by atoms with Gasteiger partial charge in [-0.2, -0.15) is 0 Å². The first-order valence-electron chi connectivity index (χ1n) is 21.1. The second-order valence-electron chi connectivity index (χ2n) is 15.1. The molecule has 0 saturated carbocycles. The number of pyridine rings is 1. The number of amides is 1. The summed E-state index contributed by atoms with van der Waals surface area (Å²) in [5.41, 5.74) is 5.85. The summed E-state index contributed by atoms with van der Waals surface area (Å²) < 4.78 is 24.4. The van der Waals surface area contributed by atoms with Crippen molar-refractivity contribution in [3.63, 3.8) is 0 Å². The van der Waals surface area contributed by atoms with Crippen molar-refractivity contribution in [3.05, 3.63) is 114 Å². The third kappa shape index (κ3) is 10.8. The number of methoxy groups -OCH3 is 1. The lowest BCUT2D eigenvalue weighted by molar-refractivity contribution is 0.0112. The number of benzene rings is 4. The SMILES string of the molecule is C=CC(=O)n1c2ccc(C(=O)NCCOCCOCCOCCN(CC)CCCC(C)Nc3c4ccc(Cl)cc4nc4ccc(OC)cc34)cc2c2ccc(-c3cccs3)cc21. The summed E-state index contributed by atoms with van der Waals surface area (Å²) in [5, 5.41) is 13.2. The minimum absolute atomic E-state index is 0.208. The van der Waals surface area contributed by atoms with Crippen molar-refractivity contribution in [2.24, 2.45) is 0 Å². The summed E-state index contributed by atoms with van der Waals surface area (Å²) in [6.07, 6.45) is 3.36. The molecule has 1 atom stereocenters. The second kappa shape index (κ2) is 21.6. The van der Waals surface area contributed by atoms with Crippen LogP contribution in [0.25, 0.3) is 54.1 Å². The fraction of sp³-hybridized carbons (Fsp3) is 0.327. The van der Waals surface area contributed by atoms with Crippen molar-refractivity contribution in [2.45, 2.75) is 32.7 Å². The molecule has 3 heterocycles. The summed E-state index contributed by atoms with van der Waals surface area (Å²) in [7, 11) is 1.68. The van der Waals surface area contributed by atoms with Gasteiger partial charge in [-0.1, -0.05) is 43.3 Å². The molecule has 0 radical (unpaired) electrons. The molecule has 0 aliphatic carbocycles. The van der Waals surface area contributed by atoms with Gasteiger partial charge in [0, 0.05) is 56.1 Å². The van der Waals surface area contributed by atoms with Crippen LogP contribution in [0.3, 0.4) is 0 Å². The van der Waals surface area contributed by atoms with E-state index in [0.717, 1.165) is 98.0 Å². The topological polar surface area (TPSA) is 116 Å². The predicted molar refractivity (Wildman–Crippen MR) is 254 cm³/mol. The largest absolute Gasteiger partial charge is 0.497 e. The molecule has 2 N–H and O–H groups in total. The van der Waals surface area contributed by atoms with E-state index < -0.39 is 0 Å². The van der Waals surface area contributed by atoms with Crippen LogP contribution in [0.1, 0.15) is 41.8 Å². The van der Waals surface area contributed by atoms with E-state index in [1.165, 1.54) is 6.08 Å². The molecule has 324 valence electrons. The second-order valence-corrected chi connectivity index (χ2v) is 16.4. The smallest absolute Gasteiger partial charge is 0.254 e. The molecule has 0 spiro atoms. The number of anilines is 1. The Balaban J connectivity index is 0.765. The Morgan fingerprint density at radius 3 is 2.40 bits per heavy atom. The van der Waals surface area contributed by atoms with E-state index in [1.54, 1.807) is 29.1 Å². The van der Waals surface area contributed by atoms with Crippen molar-refractivity contribution in [1.29, 1.82) is 0 Å². The minimum atomic E-state index is -0.222. The summed E-state index contributed by atoms with van der Waals surface area (Å²) in [6.45, 7) is 14.1. The van der Waals surface area contributed by atoms with Crippen molar-refractivity contribution in [3.8, 4) is 16.2 Å². The molecule has 13 heteroatoms. The lowest BCUT2D eigenvalue weighted by Crippen LogP contribution is -2.30. The van der Waals surface area contributed by atoms with E-state index in [1.807, 2.05) is 78.2 Å². The van der Waals surface area contributed by atoms with Gasteiger partial charge < -0.3 is 34.5 Å². The molecular formula is C49H54ClN5O6S. The highest BCUT2D eigenvalue weighted by atomic mass is 35.5. The number of hydrogen-bond donors (Lipinski definition) is 2. The normalized spacial score (nSPS) is 12.1. The summed E-state index contributed by atoms with van der Waals surface area (Å²) in [5.74, 6) is 0.363. The molecule has 0 aliphatic rings. The third-order valence-electron chi connectivity index (χ3n) is 10.9. The molecule has 4 aromatic carbocycles. The van der Waals surface area contributed by atoms with Gasteiger partial charge in [0.05, 0.1) is 74.5 Å². The molecular weight excluding hydrogens is 822 g/mol. The maximum Gasteiger partial charge on any atom is 0.254 e. The molecule has 1 amide bonds. The van der Waals surface area contributed by atoms with Gasteiger partial charge in [0.25, 0.3) is 11.8 Å². The highest BCUT2D eigenvalue weighted by Crippen LogP contribution is 2.36. The Kier molecular flexibility index (Phi) is 15.6. The van der Waals surface area contributed by atoms with Crippen molar-refractivity contribution in [2.75, 3.05) is 78.2 Å². The Labute approximate surface area is 371 Å². The van der Waals surface area contributed by atoms with E-state index in [2.05, 4.69) is 42.0 Å². The molecule has 0 aliphatic heterocycles. The molecule has 1 unspecified atom stereocenters. The van der Waals surface area contributed by atoms with Crippen molar-refractivity contribution >= 4 is 84.1 Å². The quantitative estimate of drug-likeness (QED) is 0.0368. The van der Waals surface area contributed by atoms with Crippen LogP contribution in [0.15, 0.2) is 103 Å². The number of aromatic nitrogens is 2. The number of allylic oxidation sites excluding steroid dienone is 1. The van der Waals surface area contributed by atoms with Crippen LogP contribution in [-0.4, -0.2) is 105 Å². The zero-order chi connectivity index (χ0) is 43.4. The summed E-state index contributed by atoms with van der Waals surface area (Å²) >= 11 is 7.96. The minimum Gasteiger partial charge on any atom is -0.497 e. The van der Waals surface area contributed by atoms with Crippen LogP contribution in [0.2, 0.25) is 5.02 Å². The van der Waals surface area contributed by atoms with E-state index in [4.69, 9.17) is 35.5 Å². The molecule has 0 saturated heterocycles. The van der Waals surface area contributed by atoms with Gasteiger partial charge in [0.15, 0.2) is 0 Å². The number of nitrogens with one attached hydrogen (secondary N) is 2. The van der Waals surface area contributed by atoms with Gasteiger partial charge in [0.2, 0.25) is 0 Å². The van der Waals surface area contributed by atoms with E-state index >= 15 is 0 Å². The predicted octanol–water partition coefficient (Wildman–Crippen LogP) is 10.1. The standard InChI is InChI=1S/C49H54ClN5O6S/c1-5-47(56)55-44-18-12-35(29-40(44)38-15-11-34(30-45(38)55)46-10-8-28-62-46)49(57)51-19-22-59-24-26-61-27-25-60-23-21-54(6-2)20-7-9-33(3)52-48-39-16-13-36(50)31-43(39)53-42-17-14-37(58-4)32-41(42)48/h5,8,10-18,28-33H,1,6-7,9,19-27H2,2-4H3,(H,51,57)(H,52,53). The van der Waals surface area contributed by atoms with Crippen LogP contribution < -0.4 is 15.4 Å². The zero-order valence-electron chi connectivity index (χ0n) is 35.6. The van der Waals surface area contributed by atoms with Gasteiger partial charge in [-0.15, -0.1) is 11.3 Å². The number of rotatable bonds is 23. The fourth-order valence-corrected chi connectivity index (χ4v) is 8.60. The van der Waals surface area contributed by atoms with Gasteiger partial charge in [0.1, 0.15) is 5.75 Å². The van der Waals surface area contributed by atoms with E-state index in [0.29, 0.717) is 56.8 Å². The van der Waals surface area contributed by atoms with Crippen LogP contribution in [0, 0.1) is 0 Å². The number of fused-ring (bicyclic) bond motifs is 5. The third-order valence-corrected chi connectivity index (χ3v) is 12.1. The average molecular weight is 877 g/mol. The van der Waals surface area contributed by atoms with Gasteiger partial charge in [-0.05, 0) is 117 Å². The maximum absolute atomic E-state index is 13.1. The van der Waals surface area contributed by atoms with Crippen LogP contribution in [0.5, 0.6) is 5.75 Å². The zero-order valence-corrected chi connectivity index (χ0v) is 37.2. The number of thiophene rings is 1. The van der Waals surface area contributed by atoms with Gasteiger partial charge in [-0.3, -0.25) is 14.2 Å². The summed E-state index contributed by atoms with van der Waals surface area (Å²) in [6, 6.07) is 27.6. The lowest BCUT2D eigenvalue weighted by atomic mass is 10.1. The number of ether oxygens (including phenoxy) is 4.